The number of hydrogen-bond donors (Lipinski definition) is 1. The highest BCUT2D eigenvalue weighted by atomic mass is 32.2. The van der Waals surface area contributed by atoms with Crippen LogP contribution in [0, 0.1) is 12.8 Å². The number of sulfonamides is 1. The molecule has 0 spiro atoms. The van der Waals surface area contributed by atoms with E-state index in [-0.39, 0.29) is 23.1 Å². The number of carbonyl (C=O) groups excluding carboxylic acids is 2. The molecule has 1 atom stereocenters. The summed E-state index contributed by atoms with van der Waals surface area (Å²) in [5.74, 6) is -0.838. The molecular weight excluding hydrogens is 476 g/mol. The van der Waals surface area contributed by atoms with Gasteiger partial charge in [0, 0.05) is 23.5 Å². The number of benzene rings is 2. The van der Waals surface area contributed by atoms with E-state index in [2.05, 4.69) is 5.32 Å². The molecule has 3 aromatic rings. The van der Waals surface area contributed by atoms with Crippen molar-refractivity contribution in [3.8, 4) is 5.75 Å². The molecule has 34 heavy (non-hydrogen) atoms. The maximum atomic E-state index is 13.4. The molecule has 0 saturated carbocycles. The number of piperidine rings is 1. The molecule has 8 nitrogen and oxygen atoms in total. The minimum absolute atomic E-state index is 0.0957. The van der Waals surface area contributed by atoms with Crippen LogP contribution in [0.5, 0.6) is 5.75 Å². The largest absolute Gasteiger partial charge is 0.495 e. The zero-order valence-electron chi connectivity index (χ0n) is 19.2. The number of anilines is 1. The molecule has 2 aromatic carbocycles. The number of amides is 1. The molecule has 1 fully saturated rings. The molecule has 4 rings (SSSR count). The van der Waals surface area contributed by atoms with Crippen molar-refractivity contribution in [1.82, 2.24) is 4.31 Å². The molecule has 1 amide bonds. The van der Waals surface area contributed by atoms with Crippen molar-refractivity contribution in [3.63, 3.8) is 0 Å². The van der Waals surface area contributed by atoms with Crippen molar-refractivity contribution in [1.29, 1.82) is 0 Å². The van der Waals surface area contributed by atoms with E-state index in [1.807, 2.05) is 13.0 Å². The van der Waals surface area contributed by atoms with Crippen molar-refractivity contribution in [2.75, 3.05) is 32.6 Å². The van der Waals surface area contributed by atoms with Gasteiger partial charge < -0.3 is 14.8 Å². The van der Waals surface area contributed by atoms with E-state index in [9.17, 15) is 18.0 Å². The Kier molecular flexibility index (Phi) is 6.92. The van der Waals surface area contributed by atoms with E-state index in [0.717, 1.165) is 15.6 Å². The lowest BCUT2D eigenvalue weighted by molar-refractivity contribution is -0.120. The number of nitrogens with one attached hydrogen (secondary N) is 1. The molecule has 0 bridgehead atoms. The predicted molar refractivity (Wildman–Crippen MR) is 131 cm³/mol. The van der Waals surface area contributed by atoms with Crippen LogP contribution in [0.2, 0.25) is 0 Å². The summed E-state index contributed by atoms with van der Waals surface area (Å²) in [6, 6.07) is 12.2. The smallest absolute Gasteiger partial charge is 0.348 e. The summed E-state index contributed by atoms with van der Waals surface area (Å²) in [4.78, 5) is 25.4. The number of aryl methyl sites for hydroxylation is 1. The summed E-state index contributed by atoms with van der Waals surface area (Å²) in [5, 5.41) is 3.72. The van der Waals surface area contributed by atoms with Crippen molar-refractivity contribution < 1.29 is 27.5 Å². The van der Waals surface area contributed by atoms with Gasteiger partial charge in [-0.15, -0.1) is 11.3 Å². The number of thiophene rings is 1. The van der Waals surface area contributed by atoms with Crippen LogP contribution in [-0.2, 0) is 19.6 Å². The number of nitrogens with zero attached hydrogens (tertiary/aromatic N) is 1. The first-order valence-electron chi connectivity index (χ1n) is 10.8. The monoisotopic (exact) mass is 502 g/mol. The third-order valence-corrected chi connectivity index (χ3v) is 8.84. The van der Waals surface area contributed by atoms with Crippen molar-refractivity contribution in [2.45, 2.75) is 24.7 Å². The number of methoxy groups -OCH3 is 2. The second kappa shape index (κ2) is 9.73. The Morgan fingerprint density at radius 2 is 1.91 bits per heavy atom. The van der Waals surface area contributed by atoms with E-state index in [0.29, 0.717) is 30.0 Å². The van der Waals surface area contributed by atoms with Gasteiger partial charge in [-0.1, -0.05) is 6.07 Å². The van der Waals surface area contributed by atoms with E-state index in [4.69, 9.17) is 9.47 Å². The van der Waals surface area contributed by atoms with Gasteiger partial charge in [0.1, 0.15) is 15.5 Å². The quantitative estimate of drug-likeness (QED) is 0.511. The highest BCUT2D eigenvalue weighted by Gasteiger charge is 2.35. The molecule has 0 aliphatic carbocycles. The molecule has 0 radical (unpaired) electrons. The topological polar surface area (TPSA) is 102 Å². The van der Waals surface area contributed by atoms with Gasteiger partial charge >= 0.3 is 5.97 Å². The Labute approximate surface area is 202 Å². The second-order valence-electron chi connectivity index (χ2n) is 8.20. The van der Waals surface area contributed by atoms with Crippen molar-refractivity contribution in [2.24, 2.45) is 5.92 Å². The van der Waals surface area contributed by atoms with E-state index in [1.165, 1.54) is 29.9 Å². The first-order valence-corrected chi connectivity index (χ1v) is 13.1. The van der Waals surface area contributed by atoms with Gasteiger partial charge in [0.15, 0.2) is 0 Å². The fourth-order valence-electron chi connectivity index (χ4n) is 4.07. The van der Waals surface area contributed by atoms with Gasteiger partial charge in [0.05, 0.1) is 20.1 Å². The highest BCUT2D eigenvalue weighted by molar-refractivity contribution is 7.89. The molecule has 2 heterocycles. The molecule has 1 aliphatic heterocycles. The molecule has 0 unspecified atom stereocenters. The minimum atomic E-state index is -3.82. The number of fused-ring (bicyclic) bond motifs is 1. The van der Waals surface area contributed by atoms with E-state index >= 15 is 0 Å². The van der Waals surface area contributed by atoms with Crippen LogP contribution in [0.1, 0.15) is 28.1 Å². The first kappa shape index (κ1) is 24.2. The van der Waals surface area contributed by atoms with Crippen LogP contribution in [-0.4, -0.2) is 51.9 Å². The van der Waals surface area contributed by atoms with Gasteiger partial charge in [-0.05, 0) is 67.1 Å². The number of carbonyl (C=O) groups is 2. The molecule has 1 aromatic heterocycles. The van der Waals surface area contributed by atoms with E-state index < -0.39 is 21.9 Å². The normalized spacial score (nSPS) is 16.9. The molecule has 1 aliphatic rings. The van der Waals surface area contributed by atoms with E-state index in [1.54, 1.807) is 36.4 Å². The van der Waals surface area contributed by atoms with Gasteiger partial charge in [0.2, 0.25) is 15.9 Å². The summed E-state index contributed by atoms with van der Waals surface area (Å²) in [7, 11) is -1.04. The summed E-state index contributed by atoms with van der Waals surface area (Å²) in [5.41, 5.74) is 1.40. The lowest BCUT2D eigenvalue weighted by atomic mass is 9.98. The second-order valence-corrected chi connectivity index (χ2v) is 11.2. The number of esters is 1. The third-order valence-electron chi connectivity index (χ3n) is 5.86. The number of ether oxygens (including phenoxy) is 2. The van der Waals surface area contributed by atoms with Crippen molar-refractivity contribution >= 4 is 49.0 Å². The van der Waals surface area contributed by atoms with Gasteiger partial charge in [-0.3, -0.25) is 4.79 Å². The average Bonchev–Trinajstić information content (AvgIpc) is 3.27. The van der Waals surface area contributed by atoms with Crippen LogP contribution in [0.15, 0.2) is 47.4 Å². The Bertz CT molecular complexity index is 1350. The summed E-state index contributed by atoms with van der Waals surface area (Å²) < 4.78 is 39.0. The molecule has 180 valence electrons. The zero-order chi connectivity index (χ0) is 24.5. The summed E-state index contributed by atoms with van der Waals surface area (Å²) in [6.07, 6.45) is 1.17. The fourth-order valence-corrected chi connectivity index (χ4v) is 6.79. The van der Waals surface area contributed by atoms with Gasteiger partial charge in [0.25, 0.3) is 0 Å². The maximum absolute atomic E-state index is 13.4. The Balaban J connectivity index is 1.50. The fraction of sp³-hybridized carbons (Fsp3) is 0.333. The van der Waals surface area contributed by atoms with Crippen LogP contribution < -0.4 is 10.1 Å². The Morgan fingerprint density at radius 3 is 2.65 bits per heavy atom. The maximum Gasteiger partial charge on any atom is 0.348 e. The van der Waals surface area contributed by atoms with Crippen LogP contribution in [0.4, 0.5) is 5.69 Å². The van der Waals surface area contributed by atoms with Crippen LogP contribution >= 0.6 is 11.3 Å². The SMILES string of the molecule is COC(=O)c1cc2cc(NC(=O)[C@H]3CCCN(S(=O)(=O)c4cc(C)ccc4OC)C3)ccc2s1. The standard InChI is InChI=1S/C24H26N2O6S2/c1-15-6-8-19(31-2)22(11-15)34(29,30)26-10-4-5-16(14-26)23(27)25-18-7-9-20-17(12-18)13-21(33-20)24(28)32-3/h6-9,11-13,16H,4-5,10,14H2,1-3H3,(H,25,27)/t16-/m0/s1. The van der Waals surface area contributed by atoms with Crippen LogP contribution in [0.3, 0.4) is 0 Å². The molecule has 10 heteroatoms. The van der Waals surface area contributed by atoms with Crippen LogP contribution in [0.25, 0.3) is 10.1 Å². The number of hydrogen-bond acceptors (Lipinski definition) is 7. The third kappa shape index (κ3) is 4.79. The number of rotatable bonds is 6. The molecule has 1 N–H and O–H groups in total. The Morgan fingerprint density at radius 1 is 1.12 bits per heavy atom. The summed E-state index contributed by atoms with van der Waals surface area (Å²) in [6.45, 7) is 2.27. The minimum Gasteiger partial charge on any atom is -0.495 e. The van der Waals surface area contributed by atoms with Crippen molar-refractivity contribution in [3.05, 3.63) is 52.9 Å². The lowest BCUT2D eigenvalue weighted by Gasteiger charge is -2.31. The molecular formula is C24H26N2O6S2. The zero-order valence-corrected chi connectivity index (χ0v) is 20.8. The highest BCUT2D eigenvalue weighted by Crippen LogP contribution is 2.32. The van der Waals surface area contributed by atoms with Gasteiger partial charge in [-0.25, -0.2) is 13.2 Å². The average molecular weight is 503 g/mol. The Hall–Kier alpha value is -2.95. The first-order chi connectivity index (χ1) is 16.2. The summed E-state index contributed by atoms with van der Waals surface area (Å²) >= 11 is 1.32. The predicted octanol–water partition coefficient (Wildman–Crippen LogP) is 4.04. The van der Waals surface area contributed by atoms with Gasteiger partial charge in [-0.2, -0.15) is 4.31 Å². The lowest BCUT2D eigenvalue weighted by Crippen LogP contribution is -2.43. The molecule has 1 saturated heterocycles.